The lowest BCUT2D eigenvalue weighted by atomic mass is 10.0. The molecule has 128 valence electrons. The maximum Gasteiger partial charge on any atom is 0.238 e. The summed E-state index contributed by atoms with van der Waals surface area (Å²) in [5.74, 6) is 1.03. The standard InChI is InChI=1S/C14H19N7O2S/c15-24(22,23)11-5-3-4-9(13(11)14-17-19-20-18-14)10-8-16-12-6-1-2-7-21(10)12/h3-5,8,14,17-20H,1-2,6-7H2,(H2,15,22,23). The largest absolute Gasteiger partial charge is 0.328 e. The molecule has 1 aromatic heterocycles. The van der Waals surface area contributed by atoms with E-state index >= 15 is 0 Å². The van der Waals surface area contributed by atoms with Crippen LogP contribution in [0.5, 0.6) is 0 Å². The first-order valence-corrected chi connectivity index (χ1v) is 9.32. The van der Waals surface area contributed by atoms with Crippen LogP contribution in [0.3, 0.4) is 0 Å². The van der Waals surface area contributed by atoms with Gasteiger partial charge in [-0.3, -0.25) is 0 Å². The number of nitrogens with one attached hydrogen (secondary N) is 4. The molecule has 1 saturated heterocycles. The number of rotatable bonds is 3. The van der Waals surface area contributed by atoms with Gasteiger partial charge in [0.05, 0.1) is 16.8 Å². The molecule has 3 heterocycles. The number of aromatic nitrogens is 2. The minimum absolute atomic E-state index is 0.0851. The molecule has 1 fully saturated rings. The highest BCUT2D eigenvalue weighted by Gasteiger charge is 2.28. The molecule has 6 N–H and O–H groups in total. The second kappa shape index (κ2) is 5.92. The summed E-state index contributed by atoms with van der Waals surface area (Å²) in [5, 5.41) is 5.44. The summed E-state index contributed by atoms with van der Waals surface area (Å²) >= 11 is 0. The third kappa shape index (κ3) is 2.62. The van der Waals surface area contributed by atoms with E-state index in [0.717, 1.165) is 42.9 Å². The van der Waals surface area contributed by atoms with Gasteiger partial charge in [0.2, 0.25) is 10.0 Å². The summed E-state index contributed by atoms with van der Waals surface area (Å²) in [7, 11) is -3.87. The van der Waals surface area contributed by atoms with Crippen LogP contribution in [0.1, 0.15) is 30.4 Å². The number of nitrogens with zero attached hydrogens (tertiary/aromatic N) is 2. The topological polar surface area (TPSA) is 126 Å². The maximum atomic E-state index is 12.1. The minimum atomic E-state index is -3.87. The first kappa shape index (κ1) is 15.7. The summed E-state index contributed by atoms with van der Waals surface area (Å²) in [4.78, 5) is 4.59. The molecule has 2 aromatic rings. The van der Waals surface area contributed by atoms with Crippen molar-refractivity contribution in [3.63, 3.8) is 0 Å². The van der Waals surface area contributed by atoms with Crippen molar-refractivity contribution < 1.29 is 8.42 Å². The van der Waals surface area contributed by atoms with Crippen molar-refractivity contribution in [1.82, 2.24) is 31.5 Å². The van der Waals surface area contributed by atoms with Gasteiger partial charge in [0.15, 0.2) is 0 Å². The second-order valence-electron chi connectivity index (χ2n) is 5.90. The van der Waals surface area contributed by atoms with E-state index in [1.165, 1.54) is 6.07 Å². The van der Waals surface area contributed by atoms with Gasteiger partial charge >= 0.3 is 0 Å². The molecule has 2 aliphatic rings. The Morgan fingerprint density at radius 3 is 2.75 bits per heavy atom. The van der Waals surface area contributed by atoms with Crippen molar-refractivity contribution in [3.05, 3.63) is 35.8 Å². The highest BCUT2D eigenvalue weighted by atomic mass is 32.2. The van der Waals surface area contributed by atoms with E-state index in [2.05, 4.69) is 31.5 Å². The Hall–Kier alpha value is -1.82. The number of primary sulfonamides is 1. The first-order valence-electron chi connectivity index (χ1n) is 7.77. The van der Waals surface area contributed by atoms with Gasteiger partial charge in [-0.1, -0.05) is 12.1 Å². The number of fused-ring (bicyclic) bond motifs is 1. The van der Waals surface area contributed by atoms with Gasteiger partial charge in [0.25, 0.3) is 0 Å². The Bertz CT molecular complexity index is 871. The summed E-state index contributed by atoms with van der Waals surface area (Å²) < 4.78 is 26.3. The van der Waals surface area contributed by atoms with E-state index in [-0.39, 0.29) is 4.90 Å². The van der Waals surface area contributed by atoms with E-state index in [1.807, 2.05) is 12.3 Å². The Morgan fingerprint density at radius 1 is 1.21 bits per heavy atom. The van der Waals surface area contributed by atoms with E-state index in [4.69, 9.17) is 5.14 Å². The molecule has 10 heteroatoms. The van der Waals surface area contributed by atoms with Crippen LogP contribution in [0.15, 0.2) is 29.3 Å². The van der Waals surface area contributed by atoms with Crippen molar-refractivity contribution in [2.45, 2.75) is 36.9 Å². The lowest BCUT2D eigenvalue weighted by Gasteiger charge is -2.21. The zero-order chi connectivity index (χ0) is 16.7. The number of hydrazine groups is 3. The molecule has 0 aliphatic carbocycles. The van der Waals surface area contributed by atoms with Gasteiger partial charge < -0.3 is 4.57 Å². The quantitative estimate of drug-likeness (QED) is 0.513. The van der Waals surface area contributed by atoms with Gasteiger partial charge in [-0.05, 0) is 18.9 Å². The number of sulfonamides is 1. The Morgan fingerprint density at radius 2 is 2.00 bits per heavy atom. The normalized spacial score (nSPS) is 18.7. The van der Waals surface area contributed by atoms with Crippen molar-refractivity contribution in [3.8, 4) is 11.3 Å². The Balaban J connectivity index is 1.94. The molecule has 24 heavy (non-hydrogen) atoms. The molecular weight excluding hydrogens is 330 g/mol. The number of aryl methyl sites for hydroxylation is 1. The lowest BCUT2D eigenvalue weighted by molar-refractivity contribution is 0.522. The molecule has 0 unspecified atom stereocenters. The number of nitrogens with two attached hydrogens (primary N) is 1. The highest BCUT2D eigenvalue weighted by molar-refractivity contribution is 7.89. The Labute approximate surface area is 139 Å². The van der Waals surface area contributed by atoms with Crippen LogP contribution in [0.2, 0.25) is 0 Å². The fourth-order valence-electron chi connectivity index (χ4n) is 3.34. The molecule has 4 rings (SSSR count). The predicted octanol–water partition coefficient (Wildman–Crippen LogP) is -0.351. The van der Waals surface area contributed by atoms with Gasteiger partial charge in [0, 0.05) is 24.1 Å². The third-order valence-corrected chi connectivity index (χ3v) is 5.37. The Kier molecular flexibility index (Phi) is 3.87. The molecule has 0 amide bonds. The van der Waals surface area contributed by atoms with Crippen molar-refractivity contribution in [2.24, 2.45) is 5.14 Å². The predicted molar refractivity (Wildman–Crippen MR) is 87.3 cm³/mol. The zero-order valence-corrected chi connectivity index (χ0v) is 13.7. The molecule has 0 atom stereocenters. The van der Waals surface area contributed by atoms with Crippen LogP contribution in [0.25, 0.3) is 11.3 Å². The number of hydrogen-bond acceptors (Lipinski definition) is 7. The van der Waals surface area contributed by atoms with Crippen molar-refractivity contribution in [2.75, 3.05) is 0 Å². The summed E-state index contributed by atoms with van der Waals surface area (Å²) in [6.45, 7) is 0.881. The zero-order valence-electron chi connectivity index (χ0n) is 12.9. The number of imidazole rings is 1. The summed E-state index contributed by atoms with van der Waals surface area (Å²) in [6, 6.07) is 5.12. The summed E-state index contributed by atoms with van der Waals surface area (Å²) in [5.41, 5.74) is 13.6. The van der Waals surface area contributed by atoms with E-state index < -0.39 is 16.2 Å². The molecule has 2 aliphatic heterocycles. The van der Waals surface area contributed by atoms with E-state index in [1.54, 1.807) is 6.07 Å². The molecular formula is C14H19N7O2S. The average Bonchev–Trinajstić information content (AvgIpc) is 3.23. The van der Waals surface area contributed by atoms with Crippen molar-refractivity contribution in [1.29, 1.82) is 0 Å². The monoisotopic (exact) mass is 349 g/mol. The molecule has 0 radical (unpaired) electrons. The third-order valence-electron chi connectivity index (χ3n) is 4.40. The van der Waals surface area contributed by atoms with Crippen molar-refractivity contribution >= 4 is 10.0 Å². The van der Waals surface area contributed by atoms with Crippen LogP contribution >= 0.6 is 0 Å². The number of benzene rings is 1. The average molecular weight is 349 g/mol. The fourth-order valence-corrected chi connectivity index (χ4v) is 4.14. The summed E-state index contributed by atoms with van der Waals surface area (Å²) in [6.07, 6.45) is 4.50. The molecule has 0 saturated carbocycles. The smallest absolute Gasteiger partial charge is 0.238 e. The fraction of sp³-hybridized carbons (Fsp3) is 0.357. The SMILES string of the molecule is NS(=O)(=O)c1cccc(-c2cnc3n2CCCC3)c1C1NNNN1. The minimum Gasteiger partial charge on any atom is -0.328 e. The van der Waals surface area contributed by atoms with Gasteiger partial charge in [-0.2, -0.15) is 11.1 Å². The van der Waals surface area contributed by atoms with Crippen LogP contribution in [0, 0.1) is 0 Å². The van der Waals surface area contributed by atoms with Crippen LogP contribution < -0.4 is 27.1 Å². The first-order chi connectivity index (χ1) is 11.6. The van der Waals surface area contributed by atoms with E-state index in [0.29, 0.717) is 5.56 Å². The molecule has 1 aromatic carbocycles. The molecule has 9 nitrogen and oxygen atoms in total. The lowest BCUT2D eigenvalue weighted by Crippen LogP contribution is -2.33. The molecule has 0 spiro atoms. The van der Waals surface area contributed by atoms with Crippen LogP contribution in [-0.4, -0.2) is 18.0 Å². The second-order valence-corrected chi connectivity index (χ2v) is 7.43. The maximum absolute atomic E-state index is 12.1. The van der Waals surface area contributed by atoms with Gasteiger partial charge in [-0.25, -0.2) is 29.4 Å². The van der Waals surface area contributed by atoms with Gasteiger partial charge in [-0.15, -0.1) is 0 Å². The highest BCUT2D eigenvalue weighted by Crippen LogP contribution is 2.34. The van der Waals surface area contributed by atoms with Crippen LogP contribution in [-0.2, 0) is 23.0 Å². The molecule has 0 bridgehead atoms. The van der Waals surface area contributed by atoms with E-state index in [9.17, 15) is 8.42 Å². The van der Waals surface area contributed by atoms with Crippen LogP contribution in [0.4, 0.5) is 0 Å². The number of hydrogen-bond donors (Lipinski definition) is 5. The van der Waals surface area contributed by atoms with Gasteiger partial charge in [0.1, 0.15) is 12.0 Å².